The summed E-state index contributed by atoms with van der Waals surface area (Å²) in [6.45, 7) is 34.9. The number of rotatable bonds is 8. The van der Waals surface area contributed by atoms with Gasteiger partial charge in [-0.1, -0.05) is 123 Å². The van der Waals surface area contributed by atoms with E-state index in [1.165, 1.54) is 37.8 Å². The van der Waals surface area contributed by atoms with Crippen molar-refractivity contribution in [1.82, 2.24) is 19.9 Å². The van der Waals surface area contributed by atoms with Crippen molar-refractivity contribution in [2.24, 2.45) is 0 Å². The zero-order valence-corrected chi connectivity index (χ0v) is 33.4. The maximum absolute atomic E-state index is 4.40. The lowest BCUT2D eigenvalue weighted by molar-refractivity contribution is 0.754. The van der Waals surface area contributed by atoms with E-state index in [2.05, 4.69) is 167 Å². The number of hydrogen-bond acceptors (Lipinski definition) is 5. The third-order valence-corrected chi connectivity index (χ3v) is 9.48. The van der Waals surface area contributed by atoms with Crippen LogP contribution in [0.2, 0.25) is 0 Å². The molecule has 47 heavy (non-hydrogen) atoms. The summed E-state index contributed by atoms with van der Waals surface area (Å²) in [5, 5.41) is 0. The van der Waals surface area contributed by atoms with Gasteiger partial charge in [-0.05, 0) is 82.4 Å². The first kappa shape index (κ1) is 42.1. The second kappa shape index (κ2) is 21.1. The molecular formula is C42H66N4S. The van der Waals surface area contributed by atoms with Gasteiger partial charge in [0.2, 0.25) is 0 Å². The molecule has 0 atom stereocenters. The first-order valence-corrected chi connectivity index (χ1v) is 18.6. The molecule has 4 nitrogen and oxygen atoms in total. The molecule has 0 aromatic carbocycles. The number of thiophene rings is 1. The second-order valence-corrected chi connectivity index (χ2v) is 16.0. The third kappa shape index (κ3) is 15.7. The van der Waals surface area contributed by atoms with E-state index in [1.54, 1.807) is 0 Å². The molecule has 0 aliphatic rings. The molecule has 0 saturated carbocycles. The van der Waals surface area contributed by atoms with Gasteiger partial charge in [-0.15, -0.1) is 11.3 Å². The molecule has 4 aromatic heterocycles. The maximum Gasteiger partial charge on any atom is 0.130 e. The molecule has 4 heterocycles. The highest BCUT2D eigenvalue weighted by atomic mass is 32.1. The van der Waals surface area contributed by atoms with Gasteiger partial charge >= 0.3 is 0 Å². The van der Waals surface area contributed by atoms with Gasteiger partial charge in [-0.2, -0.15) is 0 Å². The minimum Gasteiger partial charge on any atom is -0.261 e. The zero-order chi connectivity index (χ0) is 35.8. The van der Waals surface area contributed by atoms with Crippen LogP contribution in [0.15, 0.2) is 61.2 Å². The number of pyridine rings is 2. The molecule has 0 spiro atoms. The van der Waals surface area contributed by atoms with Gasteiger partial charge in [0.1, 0.15) is 5.82 Å². The Balaban J connectivity index is 0.000000314. The molecule has 0 N–H and O–H groups in total. The molecule has 4 aromatic rings. The number of nitrogens with zero attached hydrogens (tertiary/aromatic N) is 4. The Morgan fingerprint density at radius 2 is 0.681 bits per heavy atom. The normalized spacial score (nSPS) is 11.2. The van der Waals surface area contributed by atoms with Crippen LogP contribution in [0.5, 0.6) is 0 Å². The fraction of sp³-hybridized carbons (Fsp3) is 0.571. The number of aromatic nitrogens is 4. The maximum atomic E-state index is 4.40. The fourth-order valence-electron chi connectivity index (χ4n) is 4.13. The molecule has 0 aliphatic heterocycles. The van der Waals surface area contributed by atoms with Crippen molar-refractivity contribution in [2.75, 3.05) is 0 Å². The largest absolute Gasteiger partial charge is 0.261 e. The Kier molecular flexibility index (Phi) is 18.9. The van der Waals surface area contributed by atoms with Crippen LogP contribution >= 0.6 is 11.3 Å². The summed E-state index contributed by atoms with van der Waals surface area (Å²) in [5.41, 5.74) is 6.21. The van der Waals surface area contributed by atoms with Crippen molar-refractivity contribution >= 4 is 11.3 Å². The van der Waals surface area contributed by atoms with Crippen molar-refractivity contribution in [3.05, 3.63) is 105 Å². The minimum atomic E-state index is 0.422. The summed E-state index contributed by atoms with van der Waals surface area (Å²) < 4.78 is 0. The third-order valence-electron chi connectivity index (χ3n) is 7.80. The van der Waals surface area contributed by atoms with Crippen LogP contribution in [0, 0.1) is 0 Å². The Bertz CT molecular complexity index is 1130. The lowest BCUT2D eigenvalue weighted by Crippen LogP contribution is -1.99. The quantitative estimate of drug-likeness (QED) is 0.189. The van der Waals surface area contributed by atoms with Gasteiger partial charge in [-0.25, -0.2) is 9.97 Å². The van der Waals surface area contributed by atoms with Crippen molar-refractivity contribution in [1.29, 1.82) is 0 Å². The standard InChI is InChI=1S/2C11H17N.C10H16N2.C10H16S/c2*1-8(2)10-5-6-11(9(3)4)12-7-10;1-7(2)9-5-11-10(8(3)4)12-6-9;1-7(2)9-5-6-10(11-9)8(3)4/h2*5-9H,1-4H3;5-8H,1-4H3;5-8H,1-4H3. The van der Waals surface area contributed by atoms with Crippen LogP contribution in [0.4, 0.5) is 0 Å². The van der Waals surface area contributed by atoms with Gasteiger partial charge < -0.3 is 0 Å². The monoisotopic (exact) mass is 659 g/mol. The molecule has 0 saturated heterocycles. The Morgan fingerprint density at radius 3 is 0.894 bits per heavy atom. The van der Waals surface area contributed by atoms with Crippen LogP contribution in [0.25, 0.3) is 0 Å². The van der Waals surface area contributed by atoms with E-state index in [0.717, 1.165) is 5.82 Å². The molecule has 0 fully saturated rings. The highest BCUT2D eigenvalue weighted by molar-refractivity contribution is 7.12. The Labute approximate surface area is 293 Å². The van der Waals surface area contributed by atoms with Crippen LogP contribution in [-0.2, 0) is 0 Å². The van der Waals surface area contributed by atoms with Gasteiger partial charge in [0.25, 0.3) is 0 Å². The number of hydrogen-bond donors (Lipinski definition) is 0. The average Bonchev–Trinajstić information content (AvgIpc) is 3.54. The average molecular weight is 659 g/mol. The zero-order valence-electron chi connectivity index (χ0n) is 32.6. The summed E-state index contributed by atoms with van der Waals surface area (Å²) in [6.07, 6.45) is 7.82. The van der Waals surface area contributed by atoms with E-state index >= 15 is 0 Å². The van der Waals surface area contributed by atoms with Crippen molar-refractivity contribution < 1.29 is 0 Å². The minimum absolute atomic E-state index is 0.422. The molecule has 260 valence electrons. The molecule has 4 rings (SSSR count). The fourth-order valence-corrected chi connectivity index (χ4v) is 5.15. The first-order valence-electron chi connectivity index (χ1n) is 17.8. The predicted octanol–water partition coefficient (Wildman–Crippen LogP) is 13.4. The van der Waals surface area contributed by atoms with Crippen molar-refractivity contribution in [3.8, 4) is 0 Å². The van der Waals surface area contributed by atoms with E-state index in [9.17, 15) is 0 Å². The predicted molar refractivity (Wildman–Crippen MR) is 208 cm³/mol. The SMILES string of the molecule is CC(C)c1ccc(C(C)C)nc1.CC(C)c1ccc(C(C)C)nc1.CC(C)c1ccc(C(C)C)s1.CC(C)c1cnc(C(C)C)nc1. The molecule has 0 aliphatic carbocycles. The molecule has 0 bridgehead atoms. The van der Waals surface area contributed by atoms with Gasteiger partial charge in [0.15, 0.2) is 0 Å². The van der Waals surface area contributed by atoms with E-state index in [4.69, 9.17) is 0 Å². The van der Waals surface area contributed by atoms with Crippen molar-refractivity contribution in [2.45, 2.75) is 158 Å². The smallest absolute Gasteiger partial charge is 0.130 e. The van der Waals surface area contributed by atoms with E-state index in [-0.39, 0.29) is 0 Å². The summed E-state index contributed by atoms with van der Waals surface area (Å²) in [5.74, 6) is 5.48. The topological polar surface area (TPSA) is 51.6 Å². The van der Waals surface area contributed by atoms with Crippen LogP contribution in [0.3, 0.4) is 0 Å². The van der Waals surface area contributed by atoms with Gasteiger partial charge in [0, 0.05) is 51.8 Å². The lowest BCUT2D eigenvalue weighted by atomic mass is 10.0. The lowest BCUT2D eigenvalue weighted by Gasteiger charge is -2.07. The molecule has 0 radical (unpaired) electrons. The van der Waals surface area contributed by atoms with Gasteiger partial charge in [0.05, 0.1) is 0 Å². The molecule has 5 heteroatoms. The van der Waals surface area contributed by atoms with E-state index in [1.807, 2.05) is 36.1 Å². The summed E-state index contributed by atoms with van der Waals surface area (Å²) >= 11 is 1.95. The molecule has 0 amide bonds. The Hall–Kier alpha value is -2.92. The van der Waals surface area contributed by atoms with Crippen LogP contribution in [0.1, 0.15) is 202 Å². The van der Waals surface area contributed by atoms with Gasteiger partial charge in [-0.3, -0.25) is 9.97 Å². The van der Waals surface area contributed by atoms with Crippen LogP contribution in [-0.4, -0.2) is 19.9 Å². The highest BCUT2D eigenvalue weighted by Crippen LogP contribution is 2.29. The van der Waals surface area contributed by atoms with Crippen LogP contribution < -0.4 is 0 Å². The highest BCUT2D eigenvalue weighted by Gasteiger charge is 2.07. The summed E-state index contributed by atoms with van der Waals surface area (Å²) in [4.78, 5) is 20.4. The van der Waals surface area contributed by atoms with E-state index in [0.29, 0.717) is 47.3 Å². The summed E-state index contributed by atoms with van der Waals surface area (Å²) in [7, 11) is 0. The van der Waals surface area contributed by atoms with E-state index < -0.39 is 0 Å². The first-order chi connectivity index (χ1) is 21.9. The second-order valence-electron chi connectivity index (χ2n) is 14.9. The summed E-state index contributed by atoms with van der Waals surface area (Å²) in [6, 6.07) is 13.1. The molecule has 0 unspecified atom stereocenters. The van der Waals surface area contributed by atoms with Crippen molar-refractivity contribution in [3.63, 3.8) is 0 Å². The molecular weight excluding hydrogens is 593 g/mol. The Morgan fingerprint density at radius 1 is 0.340 bits per heavy atom.